The molecule has 0 aromatic heterocycles. The topological polar surface area (TPSA) is 512 Å². The average molecular weight is 1400 g/mol. The van der Waals surface area contributed by atoms with Gasteiger partial charge in [0.15, 0.2) is 31.5 Å². The van der Waals surface area contributed by atoms with Crippen molar-refractivity contribution in [3.05, 3.63) is 11.6 Å². The fraction of sp³-hybridized carbons (Fsp3) is 0.954. The molecule has 6 heterocycles. The summed E-state index contributed by atoms with van der Waals surface area (Å²) < 4.78 is 71.9. The summed E-state index contributed by atoms with van der Waals surface area (Å²) >= 11 is 0. The van der Waals surface area contributed by atoms with Gasteiger partial charge in [0.25, 0.3) is 0 Å². The largest absolute Gasteiger partial charge is 0.432 e. The third-order valence-corrected chi connectivity index (χ3v) is 25.2. The van der Waals surface area contributed by atoms with Gasteiger partial charge in [0.2, 0.25) is 6.29 Å². The van der Waals surface area contributed by atoms with Crippen molar-refractivity contribution in [2.24, 2.45) is 50.2 Å². The number of allylic oxidation sites excluding steroid dienone is 2. The summed E-state index contributed by atoms with van der Waals surface area (Å²) in [5.41, 5.74) is -3.15. The second-order valence-corrected chi connectivity index (χ2v) is 31.6. The number of ether oxygens (including phenoxy) is 12. The lowest BCUT2D eigenvalue weighted by atomic mass is 9.33. The van der Waals surface area contributed by atoms with E-state index >= 15 is 4.79 Å². The smallest absolute Gasteiger partial charge is 0.317 e. The minimum Gasteiger partial charge on any atom is -0.432 e. The van der Waals surface area contributed by atoms with Crippen LogP contribution < -0.4 is 0 Å². The summed E-state index contributed by atoms with van der Waals surface area (Å²) in [4.78, 5) is 15.4. The Labute approximate surface area is 561 Å². The molecule has 38 unspecified atom stereocenters. The quantitative estimate of drug-likeness (QED) is 0.0389. The number of fused-ring (bicyclic) bond motifs is 7. The molecule has 32 heteroatoms. The second kappa shape index (κ2) is 28.5. The Kier molecular flexibility index (Phi) is 22.4. The summed E-state index contributed by atoms with van der Waals surface area (Å²) in [5.74, 6) is -1.52. The molecule has 11 aliphatic rings. The van der Waals surface area contributed by atoms with Gasteiger partial charge >= 0.3 is 5.97 Å². The predicted octanol–water partition coefficient (Wildman–Crippen LogP) is -5.75. The molecule has 10 fully saturated rings. The lowest BCUT2D eigenvalue weighted by Gasteiger charge is -2.71. The van der Waals surface area contributed by atoms with Crippen LogP contribution in [0.1, 0.15) is 113 Å². The van der Waals surface area contributed by atoms with Crippen LogP contribution in [0.3, 0.4) is 0 Å². The van der Waals surface area contributed by atoms with Crippen molar-refractivity contribution in [2.45, 2.75) is 304 Å². The van der Waals surface area contributed by atoms with Gasteiger partial charge in [0.1, 0.15) is 140 Å². The van der Waals surface area contributed by atoms with Crippen molar-refractivity contribution < 1.29 is 159 Å². The van der Waals surface area contributed by atoms with Gasteiger partial charge in [-0.1, -0.05) is 60.1 Å². The summed E-state index contributed by atoms with van der Waals surface area (Å²) in [6.45, 7) is 13.0. The molecule has 0 radical (unpaired) electrons. The minimum absolute atomic E-state index is 0.00102. The SMILES string of the molecule is CC1OC(OC2C(CO)OC(OCC3OC(OC(=O)C45CCC(C)(C)CC4C4=CCC6C7(C)CCC(OC8OCC(O)C(OC9OC(CO)C(O)C(O)C9O)C8OC8OC(CO)C(O)C(O)C8O)C(C)(C)C7CCC6(C)C4(C)CC5O)C(O)C(O)C3O)C(O)C2O)C(O)C(O)C1O. The first kappa shape index (κ1) is 76.1. The minimum atomic E-state index is -2.01. The summed E-state index contributed by atoms with van der Waals surface area (Å²) in [6, 6.07) is 0. The van der Waals surface area contributed by atoms with Crippen LogP contribution in [0.2, 0.25) is 0 Å². The van der Waals surface area contributed by atoms with Crippen molar-refractivity contribution in [3.63, 3.8) is 0 Å². The zero-order valence-electron chi connectivity index (χ0n) is 55.9. The van der Waals surface area contributed by atoms with Crippen molar-refractivity contribution in [2.75, 3.05) is 33.0 Å². The number of hydrogen-bond acceptors (Lipinski definition) is 32. The van der Waals surface area contributed by atoms with E-state index < -0.39 is 257 Å². The van der Waals surface area contributed by atoms with E-state index in [0.29, 0.717) is 44.9 Å². The molecule has 38 atom stereocenters. The maximum absolute atomic E-state index is 15.4. The lowest BCUT2D eigenvalue weighted by molar-refractivity contribution is -0.389. The van der Waals surface area contributed by atoms with Gasteiger partial charge in [-0.05, 0) is 110 Å². The maximum Gasteiger partial charge on any atom is 0.317 e. The van der Waals surface area contributed by atoms with Gasteiger partial charge < -0.3 is 154 Å². The van der Waals surface area contributed by atoms with Gasteiger partial charge in [0, 0.05) is 0 Å². The molecule has 32 nitrogen and oxygen atoms in total. The van der Waals surface area contributed by atoms with Gasteiger partial charge in [-0.3, -0.25) is 4.79 Å². The highest BCUT2D eigenvalue weighted by atomic mass is 16.8. The van der Waals surface area contributed by atoms with Crippen LogP contribution in [-0.4, -0.2) is 326 Å². The molecule has 11 rings (SSSR count). The van der Waals surface area contributed by atoms with E-state index in [1.54, 1.807) is 0 Å². The molecule has 558 valence electrons. The number of aliphatic hydroxyl groups is 19. The molecule has 6 saturated heterocycles. The fourth-order valence-electron chi connectivity index (χ4n) is 19.1. The summed E-state index contributed by atoms with van der Waals surface area (Å²) in [7, 11) is 0. The Morgan fingerprint density at radius 2 is 1.01 bits per heavy atom. The predicted molar refractivity (Wildman–Crippen MR) is 322 cm³/mol. The third kappa shape index (κ3) is 13.0. The van der Waals surface area contributed by atoms with E-state index in [-0.39, 0.29) is 35.5 Å². The second-order valence-electron chi connectivity index (χ2n) is 31.6. The number of hydrogen-bond donors (Lipinski definition) is 19. The van der Waals surface area contributed by atoms with Crippen LogP contribution in [0, 0.1) is 50.2 Å². The van der Waals surface area contributed by atoms with E-state index in [2.05, 4.69) is 54.5 Å². The average Bonchev–Trinajstić information content (AvgIpc) is 0.672. The van der Waals surface area contributed by atoms with Crippen LogP contribution in [-0.2, 0) is 61.6 Å². The van der Waals surface area contributed by atoms with Gasteiger partial charge in [0.05, 0.1) is 51.3 Å². The monoisotopic (exact) mass is 1400 g/mol. The van der Waals surface area contributed by atoms with E-state index in [0.717, 1.165) is 5.57 Å². The number of carbonyl (C=O) groups excluding carboxylic acids is 1. The molecule has 0 amide bonds. The summed E-state index contributed by atoms with van der Waals surface area (Å²) in [6.07, 6.45) is -44.8. The molecule has 6 aliphatic heterocycles. The van der Waals surface area contributed by atoms with Crippen molar-refractivity contribution >= 4 is 5.97 Å². The number of aliphatic hydroxyl groups excluding tert-OH is 19. The zero-order valence-corrected chi connectivity index (χ0v) is 55.9. The van der Waals surface area contributed by atoms with Crippen LogP contribution in [0.4, 0.5) is 0 Å². The Morgan fingerprint density at radius 3 is 1.61 bits per heavy atom. The van der Waals surface area contributed by atoms with Crippen LogP contribution >= 0.6 is 0 Å². The Bertz CT molecular complexity index is 2730. The molecule has 0 aromatic rings. The Balaban J connectivity index is 0.801. The molecule has 5 aliphatic carbocycles. The molecular formula is C65H106O32. The Morgan fingerprint density at radius 1 is 0.495 bits per heavy atom. The molecular weight excluding hydrogens is 1290 g/mol. The van der Waals surface area contributed by atoms with Crippen LogP contribution in [0.5, 0.6) is 0 Å². The van der Waals surface area contributed by atoms with Crippen LogP contribution in [0.15, 0.2) is 11.6 Å². The highest BCUT2D eigenvalue weighted by Gasteiger charge is 2.72. The number of carbonyl (C=O) groups is 1. The molecule has 0 aromatic carbocycles. The standard InChI is InChI=1S/C65H106O32/c1-24-36(71)40(75)45(80)54(88-24)95-51-30(21-68)91-53(49(84)44(51)79)87-23-31-39(74)43(78)48(83)57(92-31)97-59(85)65-16-15-60(2,3)17-26(65)25-9-10-33-62(6)13-12-35(61(4,5)32(62)11-14-63(33,7)64(25,8)18-34(65)70)93-58-52(96-56-47(82)42(77)38(73)29(20-67)90-56)50(27(69)22-86-58)94-55-46(81)41(76)37(72)28(19-66)89-55/h9,24,26-58,66-84H,10-23H2,1-8H3. The maximum atomic E-state index is 15.4. The first-order valence-electron chi connectivity index (χ1n) is 34.2. The molecule has 97 heavy (non-hydrogen) atoms. The van der Waals surface area contributed by atoms with E-state index in [9.17, 15) is 97.0 Å². The van der Waals surface area contributed by atoms with Gasteiger partial charge in [-0.2, -0.15) is 0 Å². The van der Waals surface area contributed by atoms with Crippen molar-refractivity contribution in [3.8, 4) is 0 Å². The molecule has 19 N–H and O–H groups in total. The lowest BCUT2D eigenvalue weighted by Crippen LogP contribution is -2.68. The highest BCUT2D eigenvalue weighted by Crippen LogP contribution is 2.76. The number of esters is 1. The molecule has 0 bridgehead atoms. The summed E-state index contributed by atoms with van der Waals surface area (Å²) in [5, 5.41) is 207. The van der Waals surface area contributed by atoms with Crippen LogP contribution in [0.25, 0.3) is 0 Å². The third-order valence-electron chi connectivity index (χ3n) is 25.2. The van der Waals surface area contributed by atoms with E-state index in [1.807, 2.05) is 0 Å². The highest BCUT2D eigenvalue weighted by molar-refractivity contribution is 5.80. The molecule has 0 spiro atoms. The molecule has 4 saturated carbocycles. The zero-order chi connectivity index (χ0) is 70.9. The first-order valence-corrected chi connectivity index (χ1v) is 34.2. The Hall–Kier alpha value is -1.99. The normalized spacial score (nSPS) is 54.5. The van der Waals surface area contributed by atoms with Gasteiger partial charge in [-0.25, -0.2) is 0 Å². The first-order chi connectivity index (χ1) is 45.5. The van der Waals surface area contributed by atoms with Crippen molar-refractivity contribution in [1.82, 2.24) is 0 Å². The van der Waals surface area contributed by atoms with E-state index in [1.165, 1.54) is 6.92 Å². The number of rotatable bonds is 16. The van der Waals surface area contributed by atoms with Crippen molar-refractivity contribution in [1.29, 1.82) is 0 Å². The van der Waals surface area contributed by atoms with E-state index in [4.69, 9.17) is 56.8 Å². The van der Waals surface area contributed by atoms with Gasteiger partial charge in [-0.15, -0.1) is 0 Å². The fourth-order valence-corrected chi connectivity index (χ4v) is 19.1.